The van der Waals surface area contributed by atoms with Crippen molar-refractivity contribution in [1.82, 2.24) is 4.90 Å². The van der Waals surface area contributed by atoms with E-state index in [9.17, 15) is 9.59 Å². The van der Waals surface area contributed by atoms with Crippen LogP contribution in [0.3, 0.4) is 0 Å². The number of carbonyl (C=O) groups excluding carboxylic acids is 2. The van der Waals surface area contributed by atoms with Crippen molar-refractivity contribution < 1.29 is 14.3 Å². The summed E-state index contributed by atoms with van der Waals surface area (Å²) in [5.41, 5.74) is 1.40. The van der Waals surface area contributed by atoms with E-state index >= 15 is 0 Å². The summed E-state index contributed by atoms with van der Waals surface area (Å²) in [7, 11) is 3.04. The van der Waals surface area contributed by atoms with Crippen molar-refractivity contribution in [2.24, 2.45) is 5.92 Å². The maximum atomic E-state index is 12.5. The molecule has 116 valence electrons. The zero-order valence-corrected chi connectivity index (χ0v) is 13.3. The van der Waals surface area contributed by atoms with Crippen LogP contribution >= 0.6 is 0 Å². The molecule has 0 spiro atoms. The SMILES string of the molecule is COC(=O)C(C)CN(C)C(=O)c1ccccc1NC(C)C. The Balaban J connectivity index is 2.85. The van der Waals surface area contributed by atoms with Gasteiger partial charge in [0.1, 0.15) is 0 Å². The van der Waals surface area contributed by atoms with E-state index < -0.39 is 0 Å². The van der Waals surface area contributed by atoms with Crippen molar-refractivity contribution in [3.8, 4) is 0 Å². The molecule has 5 nitrogen and oxygen atoms in total. The van der Waals surface area contributed by atoms with Crippen molar-refractivity contribution in [1.29, 1.82) is 0 Å². The monoisotopic (exact) mass is 292 g/mol. The van der Waals surface area contributed by atoms with Gasteiger partial charge >= 0.3 is 5.97 Å². The van der Waals surface area contributed by atoms with Crippen LogP contribution in [0.1, 0.15) is 31.1 Å². The third-order valence-electron chi connectivity index (χ3n) is 3.10. The summed E-state index contributed by atoms with van der Waals surface area (Å²) in [6, 6.07) is 7.62. The lowest BCUT2D eigenvalue weighted by molar-refractivity contribution is -0.145. The Bertz CT molecular complexity index is 500. The maximum Gasteiger partial charge on any atom is 0.310 e. The molecular formula is C16H24N2O3. The summed E-state index contributed by atoms with van der Waals surface area (Å²) in [5.74, 6) is -0.785. The summed E-state index contributed by atoms with van der Waals surface area (Å²) < 4.78 is 4.69. The van der Waals surface area contributed by atoms with Crippen LogP contribution in [0.2, 0.25) is 0 Å². The lowest BCUT2D eigenvalue weighted by atomic mass is 10.1. The molecule has 0 saturated carbocycles. The van der Waals surface area contributed by atoms with Crippen LogP contribution < -0.4 is 5.32 Å². The Morgan fingerprint density at radius 1 is 1.24 bits per heavy atom. The second kappa shape index (κ2) is 7.67. The molecule has 21 heavy (non-hydrogen) atoms. The van der Waals surface area contributed by atoms with E-state index in [1.54, 1.807) is 24.9 Å². The van der Waals surface area contributed by atoms with Crippen LogP contribution in [-0.4, -0.2) is 43.5 Å². The number of ether oxygens (including phenoxy) is 1. The zero-order valence-electron chi connectivity index (χ0n) is 13.3. The number of para-hydroxylation sites is 1. The number of nitrogens with one attached hydrogen (secondary N) is 1. The van der Waals surface area contributed by atoms with E-state index in [4.69, 9.17) is 0 Å². The fraction of sp³-hybridized carbons (Fsp3) is 0.500. The van der Waals surface area contributed by atoms with E-state index in [-0.39, 0.29) is 23.8 Å². The molecule has 1 aromatic rings. The van der Waals surface area contributed by atoms with E-state index in [1.807, 2.05) is 32.0 Å². The molecule has 5 heteroatoms. The summed E-state index contributed by atoms with van der Waals surface area (Å²) >= 11 is 0. The molecule has 0 heterocycles. The first-order valence-corrected chi connectivity index (χ1v) is 7.05. The standard InChI is InChI=1S/C16H24N2O3/c1-11(2)17-14-9-7-6-8-13(14)15(19)18(4)10-12(3)16(20)21-5/h6-9,11-12,17H,10H2,1-5H3. The molecule has 0 aliphatic heterocycles. The third kappa shape index (κ3) is 4.77. The highest BCUT2D eigenvalue weighted by Crippen LogP contribution is 2.18. The number of nitrogens with zero attached hydrogens (tertiary/aromatic N) is 1. The molecule has 0 radical (unpaired) electrons. The number of amides is 1. The number of methoxy groups -OCH3 is 1. The maximum absolute atomic E-state index is 12.5. The summed E-state index contributed by atoms with van der Waals surface area (Å²) in [4.78, 5) is 25.5. The normalized spacial score (nSPS) is 11.9. The second-order valence-electron chi connectivity index (χ2n) is 5.45. The van der Waals surface area contributed by atoms with E-state index in [0.717, 1.165) is 5.69 Å². The molecule has 1 rings (SSSR count). The van der Waals surface area contributed by atoms with E-state index in [2.05, 4.69) is 10.1 Å². The molecule has 0 aromatic heterocycles. The molecule has 0 fully saturated rings. The fourth-order valence-electron chi connectivity index (χ4n) is 2.08. The highest BCUT2D eigenvalue weighted by atomic mass is 16.5. The first-order chi connectivity index (χ1) is 9.86. The Morgan fingerprint density at radius 3 is 2.43 bits per heavy atom. The third-order valence-corrected chi connectivity index (χ3v) is 3.10. The predicted octanol–water partition coefficient (Wildman–Crippen LogP) is 2.39. The minimum atomic E-state index is -0.353. The molecule has 0 aliphatic carbocycles. The minimum Gasteiger partial charge on any atom is -0.469 e. The lowest BCUT2D eigenvalue weighted by Crippen LogP contribution is -2.34. The number of hydrogen-bond donors (Lipinski definition) is 1. The van der Waals surface area contributed by atoms with Gasteiger partial charge in [-0.15, -0.1) is 0 Å². The van der Waals surface area contributed by atoms with E-state index in [1.165, 1.54) is 7.11 Å². The number of carbonyl (C=O) groups is 2. The van der Waals surface area contributed by atoms with Crippen LogP contribution in [-0.2, 0) is 9.53 Å². The molecule has 1 N–H and O–H groups in total. The first kappa shape index (κ1) is 17.0. The van der Waals surface area contributed by atoms with Crippen LogP contribution in [0.4, 0.5) is 5.69 Å². The Kier molecular flexibility index (Phi) is 6.21. The molecule has 0 bridgehead atoms. The van der Waals surface area contributed by atoms with Gasteiger partial charge < -0.3 is 15.0 Å². The van der Waals surface area contributed by atoms with E-state index in [0.29, 0.717) is 12.1 Å². The van der Waals surface area contributed by atoms with Crippen molar-refractivity contribution in [2.45, 2.75) is 26.8 Å². The average Bonchev–Trinajstić information content (AvgIpc) is 2.45. The molecular weight excluding hydrogens is 268 g/mol. The zero-order chi connectivity index (χ0) is 16.0. The molecule has 0 aliphatic rings. The molecule has 1 amide bonds. The quantitative estimate of drug-likeness (QED) is 0.818. The number of anilines is 1. The van der Waals surface area contributed by atoms with Crippen molar-refractivity contribution in [2.75, 3.05) is 26.0 Å². The van der Waals surface area contributed by atoms with Crippen LogP contribution in [0.25, 0.3) is 0 Å². The second-order valence-corrected chi connectivity index (χ2v) is 5.45. The fourth-order valence-corrected chi connectivity index (χ4v) is 2.08. The van der Waals surface area contributed by atoms with Gasteiger partial charge in [-0.1, -0.05) is 19.1 Å². The first-order valence-electron chi connectivity index (χ1n) is 7.05. The van der Waals surface area contributed by atoms with Crippen LogP contribution in [0, 0.1) is 5.92 Å². The van der Waals surface area contributed by atoms with Gasteiger partial charge in [-0.25, -0.2) is 0 Å². The Morgan fingerprint density at radius 2 is 1.86 bits per heavy atom. The summed E-state index contributed by atoms with van der Waals surface area (Å²) in [6.45, 7) is 6.10. The average molecular weight is 292 g/mol. The highest BCUT2D eigenvalue weighted by molar-refractivity contribution is 5.99. The summed E-state index contributed by atoms with van der Waals surface area (Å²) in [5, 5.41) is 3.26. The number of rotatable bonds is 6. The smallest absolute Gasteiger partial charge is 0.310 e. The number of hydrogen-bond acceptors (Lipinski definition) is 4. The van der Waals surface area contributed by atoms with Crippen LogP contribution in [0.15, 0.2) is 24.3 Å². The van der Waals surface area contributed by atoms with Gasteiger partial charge in [0.25, 0.3) is 5.91 Å². The van der Waals surface area contributed by atoms with Crippen molar-refractivity contribution >= 4 is 17.6 Å². The van der Waals surface area contributed by atoms with Gasteiger partial charge in [0, 0.05) is 25.3 Å². The predicted molar refractivity (Wildman–Crippen MR) is 83.3 cm³/mol. The highest BCUT2D eigenvalue weighted by Gasteiger charge is 2.21. The molecule has 1 unspecified atom stereocenters. The Labute approximate surface area is 126 Å². The van der Waals surface area contributed by atoms with Gasteiger partial charge in [0.2, 0.25) is 0 Å². The summed E-state index contributed by atoms with van der Waals surface area (Å²) in [6.07, 6.45) is 0. The topological polar surface area (TPSA) is 58.6 Å². The lowest BCUT2D eigenvalue weighted by Gasteiger charge is -2.22. The molecule has 0 saturated heterocycles. The van der Waals surface area contributed by atoms with Gasteiger partial charge in [0.05, 0.1) is 18.6 Å². The van der Waals surface area contributed by atoms with Crippen LogP contribution in [0.5, 0.6) is 0 Å². The van der Waals surface area contributed by atoms with Crippen molar-refractivity contribution in [3.63, 3.8) is 0 Å². The number of benzene rings is 1. The number of esters is 1. The van der Waals surface area contributed by atoms with Crippen molar-refractivity contribution in [3.05, 3.63) is 29.8 Å². The van der Waals surface area contributed by atoms with Gasteiger partial charge in [-0.3, -0.25) is 9.59 Å². The minimum absolute atomic E-state index is 0.116. The Hall–Kier alpha value is -2.04. The molecule has 1 atom stereocenters. The van der Waals surface area contributed by atoms with Gasteiger partial charge in [0.15, 0.2) is 0 Å². The van der Waals surface area contributed by atoms with Gasteiger partial charge in [-0.2, -0.15) is 0 Å². The molecule has 1 aromatic carbocycles. The largest absolute Gasteiger partial charge is 0.469 e. The van der Waals surface area contributed by atoms with Gasteiger partial charge in [-0.05, 0) is 26.0 Å².